The van der Waals surface area contributed by atoms with E-state index >= 15 is 0 Å². The van der Waals surface area contributed by atoms with E-state index in [9.17, 15) is 28.8 Å². The summed E-state index contributed by atoms with van der Waals surface area (Å²) in [4.78, 5) is 64.4. The molecule has 0 spiro atoms. The number of hydrogen-bond donors (Lipinski definition) is 5. The molecular formula is C37H63N13O8S2. The van der Waals surface area contributed by atoms with Gasteiger partial charge in [-0.25, -0.2) is 14.9 Å². The summed E-state index contributed by atoms with van der Waals surface area (Å²) in [7, 11) is 0. The molecule has 60 heavy (non-hydrogen) atoms. The largest absolute Gasteiger partial charge is 0.384 e. The van der Waals surface area contributed by atoms with Crippen molar-refractivity contribution in [3.05, 3.63) is 86.9 Å². The molecule has 0 fully saturated rings. The molecule has 0 saturated carbocycles. The normalized spacial score (nSPS) is 12.4. The molecule has 1 aliphatic heterocycles. The Balaban J connectivity index is 0.000000361. The van der Waals surface area contributed by atoms with Crippen LogP contribution in [0.3, 0.4) is 0 Å². The van der Waals surface area contributed by atoms with Gasteiger partial charge in [0.2, 0.25) is 0 Å². The summed E-state index contributed by atoms with van der Waals surface area (Å²) >= 11 is 2.23. The maximum absolute atomic E-state index is 11.0. The number of carbonyl (C=O) groups excluding carboxylic acids is 1. The number of aromatic amines is 5. The number of nitrogens with zero attached hydrogens (tertiary/aromatic N) is 8. The van der Waals surface area contributed by atoms with Crippen LogP contribution in [0, 0.1) is 16.2 Å². The number of amides is 1. The molecule has 5 N–H and O–H groups in total. The highest BCUT2D eigenvalue weighted by Crippen LogP contribution is 2.20. The van der Waals surface area contributed by atoms with Gasteiger partial charge in [0, 0.05) is 60.3 Å². The van der Waals surface area contributed by atoms with Crippen molar-refractivity contribution in [3.8, 4) is 0 Å². The van der Waals surface area contributed by atoms with Gasteiger partial charge in [-0.15, -0.1) is 0 Å². The van der Waals surface area contributed by atoms with E-state index in [4.69, 9.17) is 9.05 Å². The summed E-state index contributed by atoms with van der Waals surface area (Å²) in [5.74, 6) is 1.95. The highest BCUT2D eigenvalue weighted by atomic mass is 32.1. The van der Waals surface area contributed by atoms with Crippen molar-refractivity contribution in [3.63, 3.8) is 0 Å². The lowest BCUT2D eigenvalue weighted by Gasteiger charge is -2.21. The number of H-pyrrole nitrogens is 5. The van der Waals surface area contributed by atoms with Gasteiger partial charge in [-0.2, -0.15) is 28.9 Å². The van der Waals surface area contributed by atoms with E-state index < -0.39 is 0 Å². The summed E-state index contributed by atoms with van der Waals surface area (Å²) in [5, 5.41) is 22.3. The van der Waals surface area contributed by atoms with Crippen molar-refractivity contribution >= 4 is 29.4 Å². The van der Waals surface area contributed by atoms with E-state index in [0.717, 1.165) is 42.1 Å². The second-order valence-corrected chi connectivity index (χ2v) is 19.2. The fourth-order valence-corrected chi connectivity index (χ4v) is 5.46. The Morgan fingerprint density at radius 2 is 1.28 bits per heavy atom. The van der Waals surface area contributed by atoms with Gasteiger partial charge in [0.1, 0.15) is 29.5 Å². The Morgan fingerprint density at radius 1 is 0.717 bits per heavy atom. The maximum atomic E-state index is 11.0. The van der Waals surface area contributed by atoms with Crippen molar-refractivity contribution in [2.75, 3.05) is 13.1 Å². The second kappa shape index (κ2) is 24.1. The van der Waals surface area contributed by atoms with E-state index in [-0.39, 0.29) is 74.5 Å². The van der Waals surface area contributed by atoms with Crippen molar-refractivity contribution in [2.24, 2.45) is 26.6 Å². The Bertz CT molecular complexity index is 2240. The number of carbonyl (C=O) groups is 1. The Hall–Kier alpha value is -5.32. The van der Waals surface area contributed by atoms with E-state index in [1.54, 1.807) is 0 Å². The summed E-state index contributed by atoms with van der Waals surface area (Å²) in [6.07, 6.45) is 1.53. The molecule has 1 aliphatic rings. The molecule has 5 aromatic rings. The summed E-state index contributed by atoms with van der Waals surface area (Å²) in [5.41, 5.74) is 1.02. The molecule has 0 aromatic carbocycles. The lowest BCUT2D eigenvalue weighted by molar-refractivity contribution is -0.128. The monoisotopic (exact) mass is 881 g/mol. The van der Waals surface area contributed by atoms with Crippen LogP contribution in [0.4, 0.5) is 0 Å². The van der Waals surface area contributed by atoms with Gasteiger partial charge in [-0.3, -0.25) is 32.7 Å². The highest BCUT2D eigenvalue weighted by Gasteiger charge is 2.24. The van der Waals surface area contributed by atoms with Crippen LogP contribution in [0.2, 0.25) is 0 Å². The van der Waals surface area contributed by atoms with Crippen LogP contribution in [0.5, 0.6) is 0 Å². The molecule has 23 heteroatoms. The van der Waals surface area contributed by atoms with Gasteiger partial charge in [-0.05, 0) is 40.5 Å². The fourth-order valence-electron chi connectivity index (χ4n) is 4.33. The zero-order valence-electron chi connectivity index (χ0n) is 37.4. The highest BCUT2D eigenvalue weighted by molar-refractivity contribution is 6.99. The van der Waals surface area contributed by atoms with Crippen LogP contribution >= 0.6 is 23.5 Å². The second-order valence-electron chi connectivity index (χ2n) is 18.1. The van der Waals surface area contributed by atoms with Crippen LogP contribution in [-0.2, 0) is 17.6 Å². The minimum Gasteiger partial charge on any atom is -0.384 e. The van der Waals surface area contributed by atoms with Crippen molar-refractivity contribution in [1.82, 2.24) is 53.0 Å². The SMILES string of the molecule is CC(C)(C)CN1N=NCC1=O.CC(C)(C)Cc1cc(=O)[nH]o1.CC(C)(C)Cc1ns[nH]c1=O.CC(C)c1cc(=O)[nH]o1.CC(C)c1ns[nH]c1=O.CC(C)n1nn[nH]c1=O. The number of tetrazole rings is 1. The van der Waals surface area contributed by atoms with E-state index in [0.29, 0.717) is 23.7 Å². The van der Waals surface area contributed by atoms with E-state index in [2.05, 4.69) is 116 Å². The molecule has 1 amide bonds. The van der Waals surface area contributed by atoms with Gasteiger partial charge in [0.15, 0.2) is 0 Å². The first-order valence-corrected chi connectivity index (χ1v) is 20.7. The van der Waals surface area contributed by atoms with E-state index in [1.807, 2.05) is 41.5 Å². The minimum atomic E-state index is -0.259. The number of aromatic nitrogens is 10. The van der Waals surface area contributed by atoms with Gasteiger partial charge < -0.3 is 9.05 Å². The summed E-state index contributed by atoms with van der Waals surface area (Å²) in [6, 6.07) is 3.03. The van der Waals surface area contributed by atoms with Gasteiger partial charge >= 0.3 is 5.69 Å². The van der Waals surface area contributed by atoms with Crippen LogP contribution in [0.25, 0.3) is 0 Å². The first kappa shape index (κ1) is 52.7. The minimum absolute atomic E-state index is 0.0000694. The smallest absolute Gasteiger partial charge is 0.361 e. The van der Waals surface area contributed by atoms with Gasteiger partial charge in [0.25, 0.3) is 28.1 Å². The molecule has 336 valence electrons. The molecular weight excluding hydrogens is 819 g/mol. The summed E-state index contributed by atoms with van der Waals surface area (Å²) in [6.45, 7) is 31.2. The van der Waals surface area contributed by atoms with Crippen molar-refractivity contribution < 1.29 is 13.8 Å². The lowest BCUT2D eigenvalue weighted by atomic mass is 9.91. The number of nitrogens with one attached hydrogen (secondary N) is 5. The number of rotatable bonds is 6. The molecule has 0 radical (unpaired) electrons. The Labute approximate surface area is 356 Å². The Morgan fingerprint density at radius 3 is 1.58 bits per heavy atom. The van der Waals surface area contributed by atoms with Crippen LogP contribution in [-0.4, -0.2) is 72.0 Å². The van der Waals surface area contributed by atoms with Crippen LogP contribution in [0.15, 0.2) is 55.5 Å². The molecule has 21 nitrogen and oxygen atoms in total. The maximum Gasteiger partial charge on any atom is 0.361 e. The van der Waals surface area contributed by atoms with Crippen LogP contribution in [0.1, 0.15) is 145 Å². The zero-order valence-corrected chi connectivity index (χ0v) is 39.0. The zero-order chi connectivity index (χ0) is 46.0. The average Bonchev–Trinajstić information content (AvgIpc) is 3.96. The molecule has 6 rings (SSSR count). The number of hydrogen-bond acceptors (Lipinski definition) is 16. The molecule has 0 saturated heterocycles. The lowest BCUT2D eigenvalue weighted by Crippen LogP contribution is -2.31. The fraction of sp³-hybridized carbons (Fsp3) is 0.676. The molecule has 0 unspecified atom stereocenters. The molecule has 5 aromatic heterocycles. The summed E-state index contributed by atoms with van der Waals surface area (Å²) < 4.78 is 23.9. The first-order chi connectivity index (χ1) is 27.6. The standard InChI is InChI=1S/C8H13NO2.C7H13N3O.C7H12N2OS.C6H9NO2.C5H8N2OS.C4H8N4O/c1-8(2,3)5-6-4-7(10)9-11-6;1-7(2,3)5-10-6(11)4-8-9-10;1-7(2,3)4-5-6(10)9-11-8-5;1-4(2)5-3-6(8)7-9-5;1-3(2)4-5(8)7-9-6-4;1-3(2)8-4(9)5-6-7-8/h4H,5H2,1-3H3,(H,9,10);4-5H2,1-3H3;4H2,1-3H3,(H,9,10);3-4H,1-2H3,(H,7,8);3H,1-2H3,(H,7,8);3H,1-2H3,(H,5,7,9). The Kier molecular flexibility index (Phi) is 21.1. The van der Waals surface area contributed by atoms with Crippen molar-refractivity contribution in [1.29, 1.82) is 0 Å². The predicted octanol–water partition coefficient (Wildman–Crippen LogP) is 5.81. The van der Waals surface area contributed by atoms with E-state index in [1.165, 1.54) is 21.8 Å². The predicted molar refractivity (Wildman–Crippen MR) is 231 cm³/mol. The quantitative estimate of drug-likeness (QED) is 0.135. The third-order valence-corrected chi connectivity index (χ3v) is 8.13. The van der Waals surface area contributed by atoms with Crippen LogP contribution < -0.4 is 27.9 Å². The molecule has 0 aliphatic carbocycles. The molecule has 0 atom stereocenters. The topological polar surface area (TPSA) is 292 Å². The molecule has 0 bridgehead atoms. The van der Waals surface area contributed by atoms with Gasteiger partial charge in [0.05, 0.1) is 12.6 Å². The first-order valence-electron chi connectivity index (χ1n) is 19.2. The van der Waals surface area contributed by atoms with Crippen molar-refractivity contribution in [2.45, 2.75) is 135 Å². The van der Waals surface area contributed by atoms with Gasteiger partial charge in [-0.1, -0.05) is 95.2 Å². The molecule has 6 heterocycles. The third kappa shape index (κ3) is 22.2. The third-order valence-electron chi connectivity index (χ3n) is 6.98. The average molecular weight is 882 g/mol.